The average molecular weight is 442 g/mol. The zero-order valence-corrected chi connectivity index (χ0v) is 17.3. The molecule has 9 nitrogen and oxygen atoms in total. The minimum atomic E-state index is -1.05. The number of aliphatic hydroxyl groups is 2. The van der Waals surface area contributed by atoms with Crippen LogP contribution in [0.5, 0.6) is 0 Å². The molecule has 164 valence electrons. The number of rotatable bonds is 1. The zero-order valence-electron chi connectivity index (χ0n) is 17.3. The molecule has 0 bridgehead atoms. The number of carbonyl (C=O) groups excluding carboxylic acids is 1. The number of carbonyl (C=O) groups is 1. The maximum absolute atomic E-state index is 13.1. The Balaban J connectivity index is 1.84. The maximum Gasteiger partial charge on any atom is 0.270 e. The molecule has 33 heavy (non-hydrogen) atoms. The lowest BCUT2D eigenvalue weighted by atomic mass is 9.96. The van der Waals surface area contributed by atoms with E-state index < -0.39 is 17.1 Å². The monoisotopic (exact) mass is 442 g/mol. The van der Waals surface area contributed by atoms with Crippen molar-refractivity contribution in [3.8, 4) is 0 Å². The normalized spacial score (nSPS) is 20.0. The molecule has 3 aromatic carbocycles. The number of hydrogen-bond donors (Lipinski definition) is 3. The van der Waals surface area contributed by atoms with Gasteiger partial charge in [-0.1, -0.05) is 18.2 Å². The first kappa shape index (κ1) is 18.6. The Morgan fingerprint density at radius 1 is 0.939 bits per heavy atom. The lowest BCUT2D eigenvalue weighted by molar-refractivity contribution is -0.384. The summed E-state index contributed by atoms with van der Waals surface area (Å²) in [6.45, 7) is 0.666. The summed E-state index contributed by atoms with van der Waals surface area (Å²) in [4.78, 5) is 24.2. The van der Waals surface area contributed by atoms with Crippen LogP contribution in [-0.4, -0.2) is 42.4 Å². The van der Waals surface area contributed by atoms with Gasteiger partial charge in [0.2, 0.25) is 0 Å². The molecule has 7 rings (SSSR count). The fraction of sp³-hybridized carbons (Fsp3) is 0.208. The largest absolute Gasteiger partial charge is 0.388 e. The number of fused-ring (bicyclic) bond motifs is 9. The summed E-state index contributed by atoms with van der Waals surface area (Å²) in [5.41, 5.74) is 4.51. The number of nitrogens with one attached hydrogen (secondary N) is 1. The summed E-state index contributed by atoms with van der Waals surface area (Å²) >= 11 is 0. The molecular weight excluding hydrogens is 424 g/mol. The average Bonchev–Trinajstić information content (AvgIpc) is 3.43. The summed E-state index contributed by atoms with van der Waals surface area (Å²) in [5.74, 6) is -0.211. The Morgan fingerprint density at radius 2 is 1.61 bits per heavy atom. The Labute approximate surface area is 185 Å². The highest BCUT2D eigenvalue weighted by atomic mass is 16.6. The summed E-state index contributed by atoms with van der Waals surface area (Å²) in [6.07, 6.45) is -2.05. The number of hydrogen-bond acceptors (Lipinski definition) is 5. The second kappa shape index (κ2) is 6.09. The first-order valence-electron chi connectivity index (χ1n) is 10.8. The van der Waals surface area contributed by atoms with Crippen molar-refractivity contribution in [2.75, 3.05) is 0 Å². The van der Waals surface area contributed by atoms with E-state index in [0.29, 0.717) is 28.4 Å². The lowest BCUT2D eigenvalue weighted by Crippen LogP contribution is -2.35. The van der Waals surface area contributed by atoms with Gasteiger partial charge >= 0.3 is 0 Å². The quantitative estimate of drug-likeness (QED) is 0.272. The van der Waals surface area contributed by atoms with Crippen LogP contribution < -0.4 is 5.32 Å². The van der Waals surface area contributed by atoms with Crippen molar-refractivity contribution >= 4 is 55.2 Å². The number of aliphatic hydroxyl groups excluding tert-OH is 2. The third kappa shape index (κ3) is 2.20. The summed E-state index contributed by atoms with van der Waals surface area (Å²) in [6, 6.07) is 12.4. The highest BCUT2D eigenvalue weighted by molar-refractivity contribution is 6.30. The van der Waals surface area contributed by atoms with Crippen molar-refractivity contribution < 1.29 is 19.9 Å². The Hall–Kier alpha value is -3.95. The van der Waals surface area contributed by atoms with Gasteiger partial charge in [0.1, 0.15) is 0 Å². The molecule has 9 heteroatoms. The number of amides is 1. The van der Waals surface area contributed by atoms with Crippen LogP contribution in [0.2, 0.25) is 0 Å². The van der Waals surface area contributed by atoms with Crippen LogP contribution in [0, 0.1) is 10.1 Å². The fourth-order valence-corrected chi connectivity index (χ4v) is 5.77. The molecule has 2 atom stereocenters. The molecule has 5 aromatic rings. The molecule has 4 heterocycles. The predicted molar refractivity (Wildman–Crippen MR) is 122 cm³/mol. The molecule has 2 aliphatic heterocycles. The predicted octanol–water partition coefficient (Wildman–Crippen LogP) is 2.79. The number of para-hydroxylation sites is 1. The van der Waals surface area contributed by atoms with Crippen LogP contribution in [0.15, 0.2) is 42.5 Å². The number of benzene rings is 3. The maximum atomic E-state index is 13.1. The minimum Gasteiger partial charge on any atom is -0.388 e. The SMILES string of the molecule is O=C1NCc2c1c1c3cc([N+](=O)[O-])ccc3n3c1c1c2c2ccccc2n1CC(O)C(O)C3. The van der Waals surface area contributed by atoms with E-state index in [1.165, 1.54) is 12.1 Å². The summed E-state index contributed by atoms with van der Waals surface area (Å²) in [5, 5.41) is 39.3. The van der Waals surface area contributed by atoms with Crippen molar-refractivity contribution in [3.05, 3.63) is 63.7 Å². The van der Waals surface area contributed by atoms with E-state index in [2.05, 4.69) is 5.32 Å². The second-order valence-corrected chi connectivity index (χ2v) is 8.82. The topological polar surface area (TPSA) is 123 Å². The van der Waals surface area contributed by atoms with Gasteiger partial charge < -0.3 is 24.7 Å². The molecular formula is C24H18N4O5. The first-order chi connectivity index (χ1) is 16.0. The highest BCUT2D eigenvalue weighted by Crippen LogP contribution is 2.46. The van der Waals surface area contributed by atoms with E-state index in [0.717, 1.165) is 32.9 Å². The van der Waals surface area contributed by atoms with Gasteiger partial charge in [0, 0.05) is 51.3 Å². The molecule has 0 fully saturated rings. The van der Waals surface area contributed by atoms with Crippen LogP contribution in [0.25, 0.3) is 43.6 Å². The molecule has 0 saturated heterocycles. The first-order valence-corrected chi connectivity index (χ1v) is 10.8. The minimum absolute atomic E-state index is 0.0650. The number of nitro groups is 1. The number of nitrogens with zero attached hydrogens (tertiary/aromatic N) is 3. The van der Waals surface area contributed by atoms with Crippen molar-refractivity contribution in [3.63, 3.8) is 0 Å². The van der Waals surface area contributed by atoms with E-state index in [1.807, 2.05) is 33.4 Å². The van der Waals surface area contributed by atoms with Crippen molar-refractivity contribution in [2.45, 2.75) is 31.8 Å². The van der Waals surface area contributed by atoms with Crippen molar-refractivity contribution in [1.29, 1.82) is 0 Å². The third-order valence-corrected chi connectivity index (χ3v) is 7.14. The lowest BCUT2D eigenvalue weighted by Gasteiger charge is -2.24. The van der Waals surface area contributed by atoms with E-state index >= 15 is 0 Å². The van der Waals surface area contributed by atoms with Crippen LogP contribution in [0.4, 0.5) is 5.69 Å². The summed E-state index contributed by atoms with van der Waals surface area (Å²) < 4.78 is 3.90. The van der Waals surface area contributed by atoms with Gasteiger partial charge in [-0.2, -0.15) is 0 Å². The van der Waals surface area contributed by atoms with Crippen LogP contribution in [0.1, 0.15) is 15.9 Å². The molecule has 2 unspecified atom stereocenters. The smallest absolute Gasteiger partial charge is 0.270 e. The Kier molecular flexibility index (Phi) is 3.43. The molecule has 0 aliphatic carbocycles. The molecule has 0 spiro atoms. The number of aromatic nitrogens is 2. The van der Waals surface area contributed by atoms with E-state index in [4.69, 9.17) is 0 Å². The van der Waals surface area contributed by atoms with E-state index in [-0.39, 0.29) is 24.7 Å². The van der Waals surface area contributed by atoms with Gasteiger partial charge in [-0.25, -0.2) is 0 Å². The van der Waals surface area contributed by atoms with E-state index in [1.54, 1.807) is 6.07 Å². The van der Waals surface area contributed by atoms with E-state index in [9.17, 15) is 25.1 Å². The Morgan fingerprint density at radius 3 is 2.33 bits per heavy atom. The van der Waals surface area contributed by atoms with Crippen molar-refractivity contribution in [1.82, 2.24) is 14.5 Å². The highest BCUT2D eigenvalue weighted by Gasteiger charge is 2.35. The molecule has 0 radical (unpaired) electrons. The fourth-order valence-electron chi connectivity index (χ4n) is 5.77. The molecule has 2 aromatic heterocycles. The summed E-state index contributed by atoms with van der Waals surface area (Å²) in [7, 11) is 0. The van der Waals surface area contributed by atoms with Crippen LogP contribution >= 0.6 is 0 Å². The van der Waals surface area contributed by atoms with Gasteiger partial charge in [0.05, 0.1) is 46.8 Å². The van der Waals surface area contributed by atoms with Gasteiger partial charge in [0.15, 0.2) is 0 Å². The second-order valence-electron chi connectivity index (χ2n) is 8.82. The van der Waals surface area contributed by atoms with Gasteiger partial charge in [-0.3, -0.25) is 14.9 Å². The third-order valence-electron chi connectivity index (χ3n) is 7.14. The Bertz CT molecular complexity index is 1710. The van der Waals surface area contributed by atoms with Crippen molar-refractivity contribution in [2.24, 2.45) is 0 Å². The van der Waals surface area contributed by atoms with Crippen LogP contribution in [0.3, 0.4) is 0 Å². The number of non-ortho nitro benzene ring substituents is 1. The van der Waals surface area contributed by atoms with Gasteiger partial charge in [-0.15, -0.1) is 0 Å². The molecule has 0 saturated carbocycles. The molecule has 2 aliphatic rings. The zero-order chi connectivity index (χ0) is 22.6. The van der Waals surface area contributed by atoms with Gasteiger partial charge in [0.25, 0.3) is 11.6 Å². The molecule has 1 amide bonds. The number of nitro benzene ring substituents is 1. The van der Waals surface area contributed by atoms with Crippen LogP contribution in [-0.2, 0) is 19.6 Å². The standard InChI is InChI=1S/C24H18N4O5/c29-17-9-26-15-4-2-1-3-12(15)19-14-8-25-24(31)21(14)20-13-7-11(28(32)33)5-6-16(13)27(10-18(17)30)23(20)22(19)26/h1-7,17-18,29-30H,8-10H2,(H,25,31). The molecule has 3 N–H and O–H groups in total. The van der Waals surface area contributed by atoms with Gasteiger partial charge in [-0.05, 0) is 17.7 Å².